The van der Waals surface area contributed by atoms with Crippen LogP contribution in [0.5, 0.6) is 0 Å². The van der Waals surface area contributed by atoms with Crippen molar-refractivity contribution < 1.29 is 9.72 Å². The summed E-state index contributed by atoms with van der Waals surface area (Å²) in [5.41, 5.74) is 4.12. The number of hydrogen-bond acceptors (Lipinski definition) is 8. The van der Waals surface area contributed by atoms with Crippen molar-refractivity contribution in [3.05, 3.63) is 134 Å². The van der Waals surface area contributed by atoms with E-state index in [9.17, 15) is 14.9 Å². The zero-order valence-electron chi connectivity index (χ0n) is 20.6. The molecule has 6 rings (SSSR count). The molecule has 0 bridgehead atoms. The van der Waals surface area contributed by atoms with Gasteiger partial charge in [0.1, 0.15) is 5.69 Å². The van der Waals surface area contributed by atoms with Crippen molar-refractivity contribution in [1.29, 1.82) is 0 Å². The van der Waals surface area contributed by atoms with Crippen molar-refractivity contribution in [3.63, 3.8) is 0 Å². The van der Waals surface area contributed by atoms with Gasteiger partial charge in [-0.25, -0.2) is 10.0 Å². The summed E-state index contributed by atoms with van der Waals surface area (Å²) in [6, 6.07) is 31.6. The average Bonchev–Trinajstić information content (AvgIpc) is 3.36. The second-order valence-corrected chi connectivity index (χ2v) is 11.0. The number of rotatable bonds is 5. The topological polar surface area (TPSA) is 91.4 Å². The number of ketones is 1. The van der Waals surface area contributed by atoms with E-state index in [4.69, 9.17) is 10.2 Å². The van der Waals surface area contributed by atoms with E-state index >= 15 is 0 Å². The molecule has 10 heteroatoms. The first-order valence-corrected chi connectivity index (χ1v) is 13.6. The number of Topliss-reactive ketones (excluding diaryl/α,β-unsaturated/α-hetero) is 1. The Morgan fingerprint density at radius 3 is 2.26 bits per heavy atom. The molecule has 0 aliphatic carbocycles. The molecule has 39 heavy (non-hydrogen) atoms. The number of carbonyl (C=O) groups excluding carboxylic acids is 1. The van der Waals surface area contributed by atoms with Gasteiger partial charge in [0, 0.05) is 34.2 Å². The molecule has 0 aromatic heterocycles. The number of carbonyl (C=O) groups is 1. The van der Waals surface area contributed by atoms with Crippen molar-refractivity contribution >= 4 is 61.3 Å². The summed E-state index contributed by atoms with van der Waals surface area (Å²) in [5.74, 6) is -0.242. The normalized spacial score (nSPS) is 18.0. The predicted octanol–water partition coefficient (Wildman–Crippen LogP) is 6.90. The first kappa shape index (κ1) is 25.0. The number of halogens is 1. The second-order valence-electron chi connectivity index (χ2n) is 8.88. The molecule has 0 saturated heterocycles. The first-order chi connectivity index (χ1) is 18.9. The maximum absolute atomic E-state index is 12.8. The summed E-state index contributed by atoms with van der Waals surface area (Å²) < 4.78 is 0.945. The lowest BCUT2D eigenvalue weighted by atomic mass is 9.93. The molecular formula is C29H20BrN5O3S. The minimum atomic E-state index is -1.26. The van der Waals surface area contributed by atoms with Crippen LogP contribution in [0.15, 0.2) is 118 Å². The zero-order chi connectivity index (χ0) is 27.1. The maximum Gasteiger partial charge on any atom is 0.294 e. The van der Waals surface area contributed by atoms with E-state index in [0.717, 1.165) is 32.6 Å². The number of benzene rings is 4. The lowest BCUT2D eigenvalue weighted by Crippen LogP contribution is -2.54. The van der Waals surface area contributed by atoms with Crippen LogP contribution < -0.4 is 10.0 Å². The highest BCUT2D eigenvalue weighted by Crippen LogP contribution is 2.56. The number of para-hydroxylation sites is 3. The summed E-state index contributed by atoms with van der Waals surface area (Å²) >= 11 is 4.73. The number of hydrogen-bond donors (Lipinski definition) is 0. The van der Waals surface area contributed by atoms with Crippen LogP contribution in [0.3, 0.4) is 0 Å². The third-order valence-electron chi connectivity index (χ3n) is 6.46. The van der Waals surface area contributed by atoms with Crippen LogP contribution in [0, 0.1) is 10.1 Å². The van der Waals surface area contributed by atoms with Crippen LogP contribution in [0.25, 0.3) is 0 Å². The van der Waals surface area contributed by atoms with Crippen LogP contribution in [0.1, 0.15) is 23.6 Å². The van der Waals surface area contributed by atoms with Crippen molar-refractivity contribution in [2.45, 2.75) is 11.9 Å². The largest absolute Gasteiger partial charge is 0.294 e. The minimum Gasteiger partial charge on any atom is -0.292 e. The van der Waals surface area contributed by atoms with Crippen LogP contribution in [0.4, 0.5) is 17.1 Å². The van der Waals surface area contributed by atoms with E-state index < -0.39 is 9.92 Å². The number of hydrazone groups is 2. The molecular weight excluding hydrogens is 578 g/mol. The monoisotopic (exact) mass is 597 g/mol. The fourth-order valence-electron chi connectivity index (χ4n) is 4.75. The molecule has 8 nitrogen and oxygen atoms in total. The van der Waals surface area contributed by atoms with Crippen molar-refractivity contribution in [2.24, 2.45) is 10.2 Å². The number of nitro benzene ring substituents is 1. The molecule has 1 unspecified atom stereocenters. The number of thioether (sulfide) groups is 1. The molecule has 0 amide bonds. The number of nitrogens with zero attached hydrogens (tertiary/aromatic N) is 5. The van der Waals surface area contributed by atoms with E-state index in [2.05, 4.69) is 15.9 Å². The van der Waals surface area contributed by atoms with Gasteiger partial charge in [-0.05, 0) is 42.1 Å². The van der Waals surface area contributed by atoms with Gasteiger partial charge in [0.15, 0.2) is 10.8 Å². The van der Waals surface area contributed by atoms with E-state index in [1.807, 2.05) is 83.9 Å². The van der Waals surface area contributed by atoms with Crippen molar-refractivity contribution in [2.75, 3.05) is 10.0 Å². The molecule has 0 radical (unpaired) electrons. The summed E-state index contributed by atoms with van der Waals surface area (Å²) in [7, 11) is 0. The summed E-state index contributed by atoms with van der Waals surface area (Å²) in [4.78, 5) is 23.2. The van der Waals surface area contributed by atoms with Crippen LogP contribution in [-0.2, 0) is 9.79 Å². The van der Waals surface area contributed by atoms with E-state index in [1.165, 1.54) is 24.8 Å². The Kier molecular flexibility index (Phi) is 6.28. The van der Waals surface area contributed by atoms with Crippen LogP contribution in [-0.4, -0.2) is 21.5 Å². The molecule has 4 aromatic carbocycles. The molecule has 1 spiro atoms. The van der Waals surface area contributed by atoms with Crippen LogP contribution >= 0.6 is 27.7 Å². The van der Waals surface area contributed by atoms with Gasteiger partial charge in [0.2, 0.25) is 4.99 Å². The van der Waals surface area contributed by atoms with Gasteiger partial charge in [-0.2, -0.15) is 10.2 Å². The first-order valence-electron chi connectivity index (χ1n) is 12.0. The van der Waals surface area contributed by atoms with Crippen molar-refractivity contribution in [1.82, 2.24) is 0 Å². The van der Waals surface area contributed by atoms with Gasteiger partial charge < -0.3 is 0 Å². The fourth-order valence-corrected chi connectivity index (χ4v) is 6.29. The zero-order valence-corrected chi connectivity index (χ0v) is 23.0. The molecule has 4 aromatic rings. The third kappa shape index (κ3) is 4.12. The minimum absolute atomic E-state index is 0.126. The van der Waals surface area contributed by atoms with E-state index in [-0.39, 0.29) is 22.2 Å². The maximum atomic E-state index is 12.8. The molecule has 0 fully saturated rings. The van der Waals surface area contributed by atoms with Gasteiger partial charge >= 0.3 is 0 Å². The van der Waals surface area contributed by atoms with Gasteiger partial charge in [0.05, 0.1) is 16.3 Å². The average molecular weight is 598 g/mol. The Balaban J connectivity index is 1.69. The molecule has 2 aliphatic rings. The Hall–Kier alpha value is -4.28. The summed E-state index contributed by atoms with van der Waals surface area (Å²) in [6.45, 7) is 1.44. The van der Waals surface area contributed by atoms with Gasteiger partial charge in [-0.3, -0.25) is 14.9 Å². The van der Waals surface area contributed by atoms with E-state index in [0.29, 0.717) is 0 Å². The Morgan fingerprint density at radius 2 is 1.54 bits per heavy atom. The SMILES string of the molecule is CC(=O)C1=NN(c2ccccc2[N+](=O)[O-])C2(S1)c1ccccc1C(c1ccc(Br)cc1)=NN2c1ccccc1. The Labute approximate surface area is 236 Å². The Bertz CT molecular complexity index is 1680. The highest BCUT2D eigenvalue weighted by atomic mass is 79.9. The summed E-state index contributed by atoms with van der Waals surface area (Å²) in [6.07, 6.45) is 0. The van der Waals surface area contributed by atoms with Gasteiger partial charge in [-0.15, -0.1) is 0 Å². The fraction of sp³-hybridized carbons (Fsp3) is 0.0690. The number of fused-ring (bicyclic) bond motifs is 2. The molecule has 2 aliphatic heterocycles. The standard InChI is InChI=1S/C29H20BrN5O3S/c1-19(36)28-32-34(25-13-7-8-14-26(25)35(37)38)29(39-28)24-12-6-5-11-23(24)27(20-15-17-21(30)18-16-20)31-33(29)22-9-3-2-4-10-22/h2-18H,1H3. The quantitative estimate of drug-likeness (QED) is 0.184. The lowest BCUT2D eigenvalue weighted by Gasteiger charge is -2.46. The molecule has 2 heterocycles. The van der Waals surface area contributed by atoms with E-state index in [1.54, 1.807) is 23.2 Å². The predicted molar refractivity (Wildman–Crippen MR) is 158 cm³/mol. The molecule has 0 saturated carbocycles. The highest BCUT2D eigenvalue weighted by Gasteiger charge is 2.56. The highest BCUT2D eigenvalue weighted by molar-refractivity contribution is 9.10. The number of anilines is 2. The van der Waals surface area contributed by atoms with Gasteiger partial charge in [-0.1, -0.05) is 82.7 Å². The molecule has 192 valence electrons. The second kappa shape index (κ2) is 9.79. The molecule has 0 N–H and O–H groups in total. The van der Waals surface area contributed by atoms with Crippen molar-refractivity contribution in [3.8, 4) is 0 Å². The number of nitro groups is 1. The lowest BCUT2D eigenvalue weighted by molar-refractivity contribution is -0.384. The summed E-state index contributed by atoms with van der Waals surface area (Å²) in [5, 5.41) is 25.6. The smallest absolute Gasteiger partial charge is 0.292 e. The van der Waals surface area contributed by atoms with Crippen LogP contribution in [0.2, 0.25) is 0 Å². The Morgan fingerprint density at radius 1 is 0.872 bits per heavy atom. The molecule has 1 atom stereocenters. The van der Waals surface area contributed by atoms with Gasteiger partial charge in [0.25, 0.3) is 5.69 Å². The third-order valence-corrected chi connectivity index (χ3v) is 8.40.